The van der Waals surface area contributed by atoms with Gasteiger partial charge < -0.3 is 11.1 Å². The third kappa shape index (κ3) is 3.39. The first kappa shape index (κ1) is 13.2. The Balaban J connectivity index is 1.98. The highest BCUT2D eigenvalue weighted by Crippen LogP contribution is 2.34. The van der Waals surface area contributed by atoms with E-state index >= 15 is 0 Å². The Morgan fingerprint density at radius 3 is 2.83 bits per heavy atom. The van der Waals surface area contributed by atoms with Gasteiger partial charge in [-0.25, -0.2) is 0 Å². The summed E-state index contributed by atoms with van der Waals surface area (Å²) in [4.78, 5) is 12.1. The Hall–Kier alpha value is -1.22. The van der Waals surface area contributed by atoms with E-state index in [9.17, 15) is 4.79 Å². The number of carbonyl (C=O) groups excluding carboxylic acids is 1. The molecule has 98 valence electrons. The monoisotopic (exact) mass is 266 g/mol. The number of rotatable bonds is 5. The largest absolute Gasteiger partial charge is 0.398 e. The van der Waals surface area contributed by atoms with Crippen molar-refractivity contribution in [3.63, 3.8) is 0 Å². The zero-order chi connectivity index (χ0) is 13.1. The van der Waals surface area contributed by atoms with Gasteiger partial charge in [0.05, 0.1) is 10.7 Å². The molecule has 18 heavy (non-hydrogen) atoms. The summed E-state index contributed by atoms with van der Waals surface area (Å²) in [5, 5.41) is 3.49. The van der Waals surface area contributed by atoms with Crippen molar-refractivity contribution in [2.45, 2.75) is 38.6 Å². The average molecular weight is 267 g/mol. The smallest absolute Gasteiger partial charge is 0.251 e. The Labute approximate surface area is 113 Å². The number of hydrogen-bond donors (Lipinski definition) is 2. The molecule has 0 aliphatic heterocycles. The fraction of sp³-hybridized carbons (Fsp3) is 0.500. The molecular formula is C14H19ClN2O. The lowest BCUT2D eigenvalue weighted by Crippen LogP contribution is -2.34. The predicted molar refractivity (Wildman–Crippen MR) is 74.8 cm³/mol. The van der Waals surface area contributed by atoms with Gasteiger partial charge in [-0.2, -0.15) is 0 Å². The summed E-state index contributed by atoms with van der Waals surface area (Å²) < 4.78 is 0. The molecule has 3 nitrogen and oxygen atoms in total. The molecule has 1 fully saturated rings. The second-order valence-electron chi connectivity index (χ2n) is 4.99. The molecular weight excluding hydrogens is 248 g/mol. The van der Waals surface area contributed by atoms with Gasteiger partial charge in [0.1, 0.15) is 0 Å². The first-order valence-electron chi connectivity index (χ1n) is 6.46. The van der Waals surface area contributed by atoms with Crippen LogP contribution in [0.15, 0.2) is 18.2 Å². The summed E-state index contributed by atoms with van der Waals surface area (Å²) in [6, 6.07) is 5.26. The number of halogens is 1. The maximum absolute atomic E-state index is 12.1. The molecule has 1 aliphatic carbocycles. The number of anilines is 1. The predicted octanol–water partition coefficient (Wildman–Crippen LogP) is 3.23. The van der Waals surface area contributed by atoms with Crippen molar-refractivity contribution in [2.24, 2.45) is 5.92 Å². The Morgan fingerprint density at radius 2 is 2.28 bits per heavy atom. The highest BCUT2D eigenvalue weighted by atomic mass is 35.5. The van der Waals surface area contributed by atoms with Crippen molar-refractivity contribution in [3.05, 3.63) is 28.8 Å². The number of nitrogens with two attached hydrogens (primary N) is 1. The van der Waals surface area contributed by atoms with E-state index in [1.54, 1.807) is 18.2 Å². The minimum absolute atomic E-state index is 0.0654. The summed E-state index contributed by atoms with van der Waals surface area (Å²) in [6.07, 6.45) is 4.66. The molecule has 2 rings (SSSR count). The van der Waals surface area contributed by atoms with E-state index in [0.717, 1.165) is 18.8 Å². The number of amides is 1. The van der Waals surface area contributed by atoms with Crippen LogP contribution in [0.5, 0.6) is 0 Å². The third-order valence-electron chi connectivity index (χ3n) is 3.41. The minimum atomic E-state index is -0.0654. The Kier molecular flexibility index (Phi) is 4.12. The van der Waals surface area contributed by atoms with Gasteiger partial charge in [-0.1, -0.05) is 31.4 Å². The van der Waals surface area contributed by atoms with Crippen LogP contribution in [0.25, 0.3) is 0 Å². The van der Waals surface area contributed by atoms with Crippen LogP contribution in [0, 0.1) is 5.92 Å². The summed E-state index contributed by atoms with van der Waals surface area (Å²) >= 11 is 5.92. The van der Waals surface area contributed by atoms with E-state index in [1.165, 1.54) is 12.8 Å². The maximum atomic E-state index is 12.1. The van der Waals surface area contributed by atoms with Crippen LogP contribution >= 0.6 is 11.6 Å². The second-order valence-corrected chi connectivity index (χ2v) is 5.40. The van der Waals surface area contributed by atoms with Crippen molar-refractivity contribution in [2.75, 3.05) is 5.73 Å². The molecule has 0 spiro atoms. The number of hydrogen-bond acceptors (Lipinski definition) is 2. The van der Waals surface area contributed by atoms with Gasteiger partial charge in [-0.15, -0.1) is 0 Å². The Morgan fingerprint density at radius 1 is 1.56 bits per heavy atom. The van der Waals surface area contributed by atoms with Crippen LogP contribution in [0.1, 0.15) is 43.0 Å². The quantitative estimate of drug-likeness (QED) is 0.804. The summed E-state index contributed by atoms with van der Waals surface area (Å²) in [6.45, 7) is 2.10. The van der Waals surface area contributed by atoms with Crippen LogP contribution in [-0.2, 0) is 0 Å². The zero-order valence-corrected chi connectivity index (χ0v) is 11.3. The van der Waals surface area contributed by atoms with E-state index in [-0.39, 0.29) is 11.9 Å². The third-order valence-corrected chi connectivity index (χ3v) is 3.73. The molecule has 1 aromatic rings. The second kappa shape index (κ2) is 5.61. The summed E-state index contributed by atoms with van der Waals surface area (Å²) in [5.74, 6) is 0.745. The molecule has 0 bridgehead atoms. The van der Waals surface area contributed by atoms with Crippen LogP contribution in [0.4, 0.5) is 5.69 Å². The standard InChI is InChI=1S/C14H19ClN2O/c1-2-11(7-9-3-4-9)17-14(18)10-5-6-13(16)12(15)8-10/h5-6,8-9,11H,2-4,7,16H2,1H3,(H,17,18). The molecule has 0 heterocycles. The molecule has 1 unspecified atom stereocenters. The van der Waals surface area contributed by atoms with E-state index in [0.29, 0.717) is 16.3 Å². The molecule has 0 aromatic heterocycles. The normalized spacial score (nSPS) is 16.3. The van der Waals surface area contributed by atoms with Crippen LogP contribution in [-0.4, -0.2) is 11.9 Å². The number of nitrogen functional groups attached to an aromatic ring is 1. The van der Waals surface area contributed by atoms with E-state index < -0.39 is 0 Å². The topological polar surface area (TPSA) is 55.1 Å². The fourth-order valence-corrected chi connectivity index (χ4v) is 2.20. The zero-order valence-electron chi connectivity index (χ0n) is 10.6. The minimum Gasteiger partial charge on any atom is -0.398 e. The molecule has 3 N–H and O–H groups in total. The molecule has 0 saturated heterocycles. The molecule has 0 radical (unpaired) electrons. The van der Waals surface area contributed by atoms with Crippen LogP contribution in [0.3, 0.4) is 0 Å². The van der Waals surface area contributed by atoms with Gasteiger partial charge in [0.15, 0.2) is 0 Å². The molecule has 1 atom stereocenters. The maximum Gasteiger partial charge on any atom is 0.251 e. The lowest BCUT2D eigenvalue weighted by atomic mass is 10.1. The molecule has 1 amide bonds. The van der Waals surface area contributed by atoms with Crippen molar-refractivity contribution in [3.8, 4) is 0 Å². The molecule has 4 heteroatoms. The van der Waals surface area contributed by atoms with Gasteiger partial charge in [-0.05, 0) is 37.0 Å². The van der Waals surface area contributed by atoms with Gasteiger partial charge in [0.25, 0.3) is 5.91 Å². The lowest BCUT2D eigenvalue weighted by Gasteiger charge is -2.16. The van der Waals surface area contributed by atoms with Crippen molar-refractivity contribution in [1.29, 1.82) is 0 Å². The SMILES string of the molecule is CCC(CC1CC1)NC(=O)c1ccc(N)c(Cl)c1. The number of nitrogens with one attached hydrogen (secondary N) is 1. The van der Waals surface area contributed by atoms with Crippen LogP contribution in [0.2, 0.25) is 5.02 Å². The van der Waals surface area contributed by atoms with Crippen molar-refractivity contribution in [1.82, 2.24) is 5.32 Å². The number of benzene rings is 1. The van der Waals surface area contributed by atoms with Gasteiger partial charge >= 0.3 is 0 Å². The highest BCUT2D eigenvalue weighted by molar-refractivity contribution is 6.33. The van der Waals surface area contributed by atoms with Gasteiger partial charge in [-0.3, -0.25) is 4.79 Å². The van der Waals surface area contributed by atoms with E-state index in [1.807, 2.05) is 0 Å². The number of carbonyl (C=O) groups is 1. The van der Waals surface area contributed by atoms with Crippen LogP contribution < -0.4 is 11.1 Å². The van der Waals surface area contributed by atoms with Crippen molar-refractivity contribution < 1.29 is 4.79 Å². The summed E-state index contributed by atoms with van der Waals surface area (Å²) in [7, 11) is 0. The van der Waals surface area contributed by atoms with Gasteiger partial charge in [0, 0.05) is 11.6 Å². The van der Waals surface area contributed by atoms with E-state index in [2.05, 4.69) is 12.2 Å². The molecule has 1 aliphatic rings. The fourth-order valence-electron chi connectivity index (χ4n) is 2.02. The first-order chi connectivity index (χ1) is 8.60. The lowest BCUT2D eigenvalue weighted by molar-refractivity contribution is 0.0932. The van der Waals surface area contributed by atoms with Crippen molar-refractivity contribution >= 4 is 23.2 Å². The Bertz CT molecular complexity index is 443. The first-order valence-corrected chi connectivity index (χ1v) is 6.83. The molecule has 1 aromatic carbocycles. The molecule has 1 saturated carbocycles. The average Bonchev–Trinajstić information content (AvgIpc) is 3.15. The summed E-state index contributed by atoms with van der Waals surface area (Å²) in [5.41, 5.74) is 6.70. The van der Waals surface area contributed by atoms with E-state index in [4.69, 9.17) is 17.3 Å². The highest BCUT2D eigenvalue weighted by Gasteiger charge is 2.25. The van der Waals surface area contributed by atoms with Gasteiger partial charge in [0.2, 0.25) is 0 Å².